The summed E-state index contributed by atoms with van der Waals surface area (Å²) in [6.45, 7) is 3.35. The van der Waals surface area contributed by atoms with Gasteiger partial charge in [0.2, 0.25) is 0 Å². The van der Waals surface area contributed by atoms with Crippen LogP contribution in [0.3, 0.4) is 0 Å². The van der Waals surface area contributed by atoms with Crippen LogP contribution in [0, 0.1) is 6.92 Å². The number of benzene rings is 2. The van der Waals surface area contributed by atoms with E-state index in [2.05, 4.69) is 24.4 Å². The van der Waals surface area contributed by atoms with Gasteiger partial charge in [-0.15, -0.1) is 0 Å². The highest BCUT2D eigenvalue weighted by Gasteiger charge is 2.15. The molecule has 1 aliphatic carbocycles. The molecule has 0 aromatic heterocycles. The minimum absolute atomic E-state index is 0.499. The van der Waals surface area contributed by atoms with Crippen molar-refractivity contribution in [2.75, 3.05) is 7.11 Å². The minimum Gasteiger partial charge on any atom is -0.493 e. The standard InChI is InChI=1S/C22H28ClNO2/c1-16-8-6-7-9-17(16)15-26-22-13-20(23)18(12-21(22)25-2)14-24-19-10-4-3-5-11-19/h6-9,12-13,19,24H,3-5,10-11,14-15H2,1-2H3. The molecule has 2 aromatic rings. The van der Waals surface area contributed by atoms with Crippen molar-refractivity contribution in [3.05, 3.63) is 58.1 Å². The van der Waals surface area contributed by atoms with Gasteiger partial charge in [-0.05, 0) is 42.5 Å². The first-order valence-corrected chi connectivity index (χ1v) is 9.82. The van der Waals surface area contributed by atoms with Crippen LogP contribution in [0.2, 0.25) is 5.02 Å². The summed E-state index contributed by atoms with van der Waals surface area (Å²) in [7, 11) is 1.67. The zero-order valence-electron chi connectivity index (χ0n) is 15.7. The lowest BCUT2D eigenvalue weighted by molar-refractivity contribution is 0.283. The third-order valence-electron chi connectivity index (χ3n) is 5.16. The van der Waals surface area contributed by atoms with Crippen LogP contribution >= 0.6 is 11.6 Å². The van der Waals surface area contributed by atoms with Gasteiger partial charge in [-0.3, -0.25) is 0 Å². The summed E-state index contributed by atoms with van der Waals surface area (Å²) < 4.78 is 11.5. The Morgan fingerprint density at radius 1 is 1.04 bits per heavy atom. The number of nitrogens with one attached hydrogen (secondary N) is 1. The number of hydrogen-bond acceptors (Lipinski definition) is 3. The Bertz CT molecular complexity index is 726. The molecule has 0 heterocycles. The average Bonchev–Trinajstić information content (AvgIpc) is 2.67. The van der Waals surface area contributed by atoms with E-state index in [0.717, 1.165) is 23.4 Å². The summed E-state index contributed by atoms with van der Waals surface area (Å²) in [6.07, 6.45) is 6.51. The van der Waals surface area contributed by atoms with Gasteiger partial charge in [0.25, 0.3) is 0 Å². The minimum atomic E-state index is 0.499. The van der Waals surface area contributed by atoms with Crippen LogP contribution in [-0.2, 0) is 13.2 Å². The maximum Gasteiger partial charge on any atom is 0.163 e. The Labute approximate surface area is 161 Å². The lowest BCUT2D eigenvalue weighted by Crippen LogP contribution is -2.30. The smallest absolute Gasteiger partial charge is 0.163 e. The van der Waals surface area contributed by atoms with E-state index in [4.69, 9.17) is 21.1 Å². The van der Waals surface area contributed by atoms with Crippen molar-refractivity contribution in [3.63, 3.8) is 0 Å². The zero-order chi connectivity index (χ0) is 18.4. The molecule has 0 saturated heterocycles. The summed E-state index contributed by atoms with van der Waals surface area (Å²) in [5.41, 5.74) is 3.43. The van der Waals surface area contributed by atoms with E-state index >= 15 is 0 Å². The molecular weight excluding hydrogens is 346 g/mol. The third-order valence-corrected chi connectivity index (χ3v) is 5.52. The molecule has 1 aliphatic rings. The first kappa shape index (κ1) is 19.1. The van der Waals surface area contributed by atoms with Gasteiger partial charge in [-0.2, -0.15) is 0 Å². The van der Waals surface area contributed by atoms with E-state index in [-0.39, 0.29) is 0 Å². The molecule has 0 unspecified atom stereocenters. The SMILES string of the molecule is COc1cc(CNC2CCCCC2)c(Cl)cc1OCc1ccccc1C. The maximum atomic E-state index is 6.51. The number of rotatable bonds is 7. The van der Waals surface area contributed by atoms with E-state index in [1.165, 1.54) is 37.7 Å². The van der Waals surface area contributed by atoms with Crippen molar-refractivity contribution in [2.24, 2.45) is 0 Å². The van der Waals surface area contributed by atoms with Crippen LogP contribution < -0.4 is 14.8 Å². The molecule has 0 radical (unpaired) electrons. The monoisotopic (exact) mass is 373 g/mol. The highest BCUT2D eigenvalue weighted by Crippen LogP contribution is 2.34. The van der Waals surface area contributed by atoms with Crippen molar-refractivity contribution >= 4 is 11.6 Å². The van der Waals surface area contributed by atoms with Gasteiger partial charge in [0.15, 0.2) is 11.5 Å². The van der Waals surface area contributed by atoms with E-state index < -0.39 is 0 Å². The third kappa shape index (κ3) is 4.93. The van der Waals surface area contributed by atoms with E-state index in [0.29, 0.717) is 23.4 Å². The van der Waals surface area contributed by atoms with Crippen molar-refractivity contribution in [3.8, 4) is 11.5 Å². The number of ether oxygens (including phenoxy) is 2. The predicted molar refractivity (Wildman–Crippen MR) is 107 cm³/mol. The van der Waals surface area contributed by atoms with Gasteiger partial charge >= 0.3 is 0 Å². The summed E-state index contributed by atoms with van der Waals surface area (Å²) in [4.78, 5) is 0. The molecule has 0 aliphatic heterocycles. The van der Waals surface area contributed by atoms with Gasteiger partial charge in [0.05, 0.1) is 7.11 Å². The molecule has 26 heavy (non-hydrogen) atoms. The fourth-order valence-electron chi connectivity index (χ4n) is 3.47. The fraction of sp³-hybridized carbons (Fsp3) is 0.455. The van der Waals surface area contributed by atoms with Crippen molar-refractivity contribution in [1.29, 1.82) is 0 Å². The Balaban J connectivity index is 1.67. The van der Waals surface area contributed by atoms with Gasteiger partial charge in [-0.25, -0.2) is 0 Å². The second kappa shape index (κ2) is 9.29. The molecule has 3 rings (SSSR count). The molecule has 3 nitrogen and oxygen atoms in total. The van der Waals surface area contributed by atoms with Gasteiger partial charge < -0.3 is 14.8 Å². The Morgan fingerprint density at radius 3 is 2.54 bits per heavy atom. The zero-order valence-corrected chi connectivity index (χ0v) is 16.4. The maximum absolute atomic E-state index is 6.51. The van der Waals surface area contributed by atoms with Crippen LogP contribution in [0.15, 0.2) is 36.4 Å². The summed E-state index contributed by atoms with van der Waals surface area (Å²) in [5, 5.41) is 4.35. The topological polar surface area (TPSA) is 30.5 Å². The number of aryl methyl sites for hydroxylation is 1. The molecule has 1 fully saturated rings. The van der Waals surface area contributed by atoms with Crippen molar-refractivity contribution in [1.82, 2.24) is 5.32 Å². The Hall–Kier alpha value is -1.71. The highest BCUT2D eigenvalue weighted by molar-refractivity contribution is 6.31. The summed E-state index contributed by atoms with van der Waals surface area (Å²) in [5.74, 6) is 1.41. The van der Waals surface area contributed by atoms with Crippen molar-refractivity contribution in [2.45, 2.75) is 58.2 Å². The van der Waals surface area contributed by atoms with Crippen LogP contribution in [0.4, 0.5) is 0 Å². The summed E-state index contributed by atoms with van der Waals surface area (Å²) >= 11 is 6.51. The van der Waals surface area contributed by atoms with E-state index in [1.807, 2.05) is 24.3 Å². The normalized spacial score (nSPS) is 15.0. The summed E-state index contributed by atoms with van der Waals surface area (Å²) in [6, 6.07) is 12.7. The van der Waals surface area contributed by atoms with Crippen LogP contribution in [-0.4, -0.2) is 13.2 Å². The predicted octanol–water partition coefficient (Wildman–Crippen LogP) is 5.66. The van der Waals surface area contributed by atoms with E-state index in [1.54, 1.807) is 7.11 Å². The molecule has 0 atom stereocenters. The first-order chi connectivity index (χ1) is 12.7. The van der Waals surface area contributed by atoms with Crippen LogP contribution in [0.25, 0.3) is 0 Å². The quantitative estimate of drug-likeness (QED) is 0.679. The van der Waals surface area contributed by atoms with Crippen LogP contribution in [0.5, 0.6) is 11.5 Å². The number of hydrogen-bond donors (Lipinski definition) is 1. The van der Waals surface area contributed by atoms with Gasteiger partial charge in [-0.1, -0.05) is 55.1 Å². The lowest BCUT2D eigenvalue weighted by Gasteiger charge is -2.23. The number of methoxy groups -OCH3 is 1. The van der Waals surface area contributed by atoms with Crippen LogP contribution in [0.1, 0.15) is 48.8 Å². The number of halogens is 1. The fourth-order valence-corrected chi connectivity index (χ4v) is 3.69. The highest BCUT2D eigenvalue weighted by atomic mass is 35.5. The molecule has 0 spiro atoms. The first-order valence-electron chi connectivity index (χ1n) is 9.44. The average molecular weight is 374 g/mol. The molecule has 0 amide bonds. The lowest BCUT2D eigenvalue weighted by atomic mass is 9.95. The molecule has 1 N–H and O–H groups in total. The molecule has 0 bridgehead atoms. The Kier molecular flexibility index (Phi) is 6.81. The van der Waals surface area contributed by atoms with Gasteiger partial charge in [0.1, 0.15) is 6.61 Å². The second-order valence-corrected chi connectivity index (χ2v) is 7.43. The molecule has 2 aromatic carbocycles. The molecule has 4 heteroatoms. The Morgan fingerprint density at radius 2 is 1.81 bits per heavy atom. The van der Waals surface area contributed by atoms with Crippen molar-refractivity contribution < 1.29 is 9.47 Å². The molecule has 1 saturated carbocycles. The second-order valence-electron chi connectivity index (χ2n) is 7.03. The largest absolute Gasteiger partial charge is 0.493 e. The van der Waals surface area contributed by atoms with Gasteiger partial charge in [0, 0.05) is 23.7 Å². The molecular formula is C22H28ClNO2. The van der Waals surface area contributed by atoms with E-state index in [9.17, 15) is 0 Å². The molecule has 140 valence electrons.